The van der Waals surface area contributed by atoms with Crippen molar-refractivity contribution in [3.05, 3.63) is 29.7 Å². The second-order valence-electron chi connectivity index (χ2n) is 4.27. The molecule has 82 valence electrons. The lowest BCUT2D eigenvalue weighted by Gasteiger charge is -2.21. The van der Waals surface area contributed by atoms with Gasteiger partial charge in [-0.05, 0) is 18.9 Å². The van der Waals surface area contributed by atoms with Gasteiger partial charge in [0.05, 0.1) is 0 Å². The van der Waals surface area contributed by atoms with Gasteiger partial charge in [-0.1, -0.05) is 12.5 Å². The van der Waals surface area contributed by atoms with Gasteiger partial charge in [0.2, 0.25) is 0 Å². The minimum atomic E-state index is 0.410. The molecule has 0 spiro atoms. The Labute approximate surface area is 93.3 Å². The first-order chi connectivity index (χ1) is 7.88. The van der Waals surface area contributed by atoms with Gasteiger partial charge in [0.15, 0.2) is 11.5 Å². The van der Waals surface area contributed by atoms with E-state index in [1.807, 2.05) is 18.3 Å². The first kappa shape index (κ1) is 9.51. The molecule has 0 amide bonds. The summed E-state index contributed by atoms with van der Waals surface area (Å²) in [7, 11) is 0. The lowest BCUT2D eigenvalue weighted by atomic mass is 9.85. The summed E-state index contributed by atoms with van der Waals surface area (Å²) in [6.07, 6.45) is 6.88. The average Bonchev–Trinajstić information content (AvgIpc) is 2.59. The molecule has 16 heavy (non-hydrogen) atoms. The zero-order valence-corrected chi connectivity index (χ0v) is 8.97. The molecule has 2 aromatic heterocycles. The highest BCUT2D eigenvalue weighted by molar-refractivity contribution is 5.61. The minimum Gasteiger partial charge on any atom is -0.303 e. The van der Waals surface area contributed by atoms with Crippen molar-refractivity contribution < 1.29 is 4.79 Å². The van der Waals surface area contributed by atoms with Crippen LogP contribution in [0.3, 0.4) is 0 Å². The van der Waals surface area contributed by atoms with E-state index < -0.39 is 0 Å². The third-order valence-corrected chi connectivity index (χ3v) is 3.23. The number of fused-ring (bicyclic) bond motifs is 1. The highest BCUT2D eigenvalue weighted by Gasteiger charge is 2.24. The van der Waals surface area contributed by atoms with Gasteiger partial charge in [-0.15, -0.1) is 0 Å². The molecule has 4 heteroatoms. The first-order valence-corrected chi connectivity index (χ1v) is 5.66. The largest absolute Gasteiger partial charge is 0.303 e. The Morgan fingerprint density at radius 3 is 3.06 bits per heavy atom. The molecule has 1 fully saturated rings. The van der Waals surface area contributed by atoms with Crippen molar-refractivity contribution >= 4 is 11.9 Å². The van der Waals surface area contributed by atoms with Crippen molar-refractivity contribution in [2.24, 2.45) is 0 Å². The van der Waals surface area contributed by atoms with E-state index >= 15 is 0 Å². The summed E-state index contributed by atoms with van der Waals surface area (Å²) in [6.45, 7) is 0. The maximum absolute atomic E-state index is 10.6. The summed E-state index contributed by atoms with van der Waals surface area (Å²) in [4.78, 5) is 15.1. The molecule has 0 aliphatic heterocycles. The molecular weight excluding hydrogens is 202 g/mol. The van der Waals surface area contributed by atoms with E-state index in [2.05, 4.69) is 10.1 Å². The standard InChI is InChI=1S/C12H13N3O/c16-8-6-10-5-2-7-15-12(10)13-11(14-15)9-3-1-4-9/h2,5,7-9H,1,3-4,6H2. The minimum absolute atomic E-state index is 0.410. The number of aldehydes is 1. The van der Waals surface area contributed by atoms with Crippen LogP contribution in [0.25, 0.3) is 5.65 Å². The molecule has 1 saturated carbocycles. The third kappa shape index (κ3) is 1.41. The fourth-order valence-corrected chi connectivity index (χ4v) is 2.07. The van der Waals surface area contributed by atoms with Crippen LogP contribution in [0.5, 0.6) is 0 Å². The fourth-order valence-electron chi connectivity index (χ4n) is 2.07. The summed E-state index contributed by atoms with van der Waals surface area (Å²) >= 11 is 0. The van der Waals surface area contributed by atoms with Gasteiger partial charge < -0.3 is 4.79 Å². The molecule has 4 nitrogen and oxygen atoms in total. The smallest absolute Gasteiger partial charge is 0.159 e. The van der Waals surface area contributed by atoms with Crippen molar-refractivity contribution in [2.45, 2.75) is 31.6 Å². The van der Waals surface area contributed by atoms with E-state index in [1.165, 1.54) is 19.3 Å². The molecule has 0 N–H and O–H groups in total. The fraction of sp³-hybridized carbons (Fsp3) is 0.417. The zero-order chi connectivity index (χ0) is 11.0. The van der Waals surface area contributed by atoms with Gasteiger partial charge in [-0.2, -0.15) is 5.10 Å². The molecule has 1 aliphatic rings. The predicted octanol–water partition coefficient (Wildman–Crippen LogP) is 1.74. The van der Waals surface area contributed by atoms with Crippen LogP contribution in [0.2, 0.25) is 0 Å². The molecule has 3 rings (SSSR count). The number of hydrogen-bond acceptors (Lipinski definition) is 3. The van der Waals surface area contributed by atoms with Crippen LogP contribution in [0.15, 0.2) is 18.3 Å². The lowest BCUT2D eigenvalue weighted by Crippen LogP contribution is -2.10. The molecule has 2 aromatic rings. The van der Waals surface area contributed by atoms with Gasteiger partial charge in [0.25, 0.3) is 0 Å². The van der Waals surface area contributed by atoms with Crippen LogP contribution < -0.4 is 0 Å². The van der Waals surface area contributed by atoms with E-state index in [9.17, 15) is 4.79 Å². The highest BCUT2D eigenvalue weighted by atomic mass is 16.1. The number of carbonyl (C=O) groups excluding carboxylic acids is 1. The van der Waals surface area contributed by atoms with Crippen molar-refractivity contribution in [1.82, 2.24) is 14.6 Å². The van der Waals surface area contributed by atoms with Crippen LogP contribution in [0.1, 0.15) is 36.6 Å². The van der Waals surface area contributed by atoms with E-state index in [0.717, 1.165) is 23.3 Å². The Morgan fingerprint density at radius 2 is 2.38 bits per heavy atom. The number of hydrogen-bond donors (Lipinski definition) is 0. The normalized spacial score (nSPS) is 16.2. The van der Waals surface area contributed by atoms with Crippen molar-refractivity contribution in [3.63, 3.8) is 0 Å². The highest BCUT2D eigenvalue weighted by Crippen LogP contribution is 2.34. The van der Waals surface area contributed by atoms with Crippen LogP contribution in [0, 0.1) is 0 Å². The third-order valence-electron chi connectivity index (χ3n) is 3.23. The molecule has 0 aromatic carbocycles. The van der Waals surface area contributed by atoms with Crippen LogP contribution in [-0.2, 0) is 11.2 Å². The SMILES string of the molecule is O=CCc1cccn2nc(C3CCC3)nc12. The van der Waals surface area contributed by atoms with E-state index in [0.29, 0.717) is 12.3 Å². The monoisotopic (exact) mass is 215 g/mol. The Kier molecular flexibility index (Phi) is 2.20. The molecule has 0 bridgehead atoms. The average molecular weight is 215 g/mol. The van der Waals surface area contributed by atoms with Crippen LogP contribution >= 0.6 is 0 Å². The number of nitrogens with zero attached hydrogens (tertiary/aromatic N) is 3. The molecule has 0 radical (unpaired) electrons. The lowest BCUT2D eigenvalue weighted by molar-refractivity contribution is -0.107. The Morgan fingerprint density at radius 1 is 1.50 bits per heavy atom. The van der Waals surface area contributed by atoms with E-state index in [1.54, 1.807) is 4.52 Å². The summed E-state index contributed by atoms with van der Waals surface area (Å²) in [6, 6.07) is 3.84. The Hall–Kier alpha value is -1.71. The molecule has 0 saturated heterocycles. The summed E-state index contributed by atoms with van der Waals surface area (Å²) in [5.41, 5.74) is 1.78. The van der Waals surface area contributed by atoms with Gasteiger partial charge in [0, 0.05) is 24.1 Å². The van der Waals surface area contributed by atoms with Gasteiger partial charge in [-0.3, -0.25) is 0 Å². The van der Waals surface area contributed by atoms with Gasteiger partial charge in [-0.25, -0.2) is 9.50 Å². The van der Waals surface area contributed by atoms with Crippen LogP contribution in [-0.4, -0.2) is 20.9 Å². The number of rotatable bonds is 3. The topological polar surface area (TPSA) is 47.3 Å². The maximum atomic E-state index is 10.6. The number of pyridine rings is 1. The van der Waals surface area contributed by atoms with Gasteiger partial charge in [0.1, 0.15) is 6.29 Å². The molecule has 0 unspecified atom stereocenters. The Balaban J connectivity index is 2.08. The Bertz CT molecular complexity index is 528. The second-order valence-corrected chi connectivity index (χ2v) is 4.27. The van der Waals surface area contributed by atoms with Crippen molar-refractivity contribution in [3.8, 4) is 0 Å². The summed E-state index contributed by atoms with van der Waals surface area (Å²) in [5, 5.41) is 4.47. The second kappa shape index (κ2) is 3.70. The molecule has 1 aliphatic carbocycles. The quantitative estimate of drug-likeness (QED) is 0.733. The van der Waals surface area contributed by atoms with E-state index in [-0.39, 0.29) is 0 Å². The molecule has 0 atom stereocenters. The maximum Gasteiger partial charge on any atom is 0.159 e. The zero-order valence-electron chi connectivity index (χ0n) is 8.97. The molecular formula is C12H13N3O. The first-order valence-electron chi connectivity index (χ1n) is 5.66. The van der Waals surface area contributed by atoms with Gasteiger partial charge >= 0.3 is 0 Å². The summed E-state index contributed by atoms with van der Waals surface area (Å²) in [5.74, 6) is 1.47. The van der Waals surface area contributed by atoms with Crippen molar-refractivity contribution in [1.29, 1.82) is 0 Å². The number of aromatic nitrogens is 3. The molecule has 2 heterocycles. The summed E-state index contributed by atoms with van der Waals surface area (Å²) < 4.78 is 1.78. The van der Waals surface area contributed by atoms with Crippen molar-refractivity contribution in [2.75, 3.05) is 0 Å². The predicted molar refractivity (Wildman–Crippen MR) is 59.3 cm³/mol. The van der Waals surface area contributed by atoms with E-state index in [4.69, 9.17) is 0 Å². The number of carbonyl (C=O) groups is 1. The van der Waals surface area contributed by atoms with Crippen LogP contribution in [0.4, 0.5) is 0 Å².